The number of aliphatic hydroxyl groups excluding tert-OH is 1. The summed E-state index contributed by atoms with van der Waals surface area (Å²) in [5, 5.41) is 17.4. The molecule has 1 saturated carbocycles. The van der Waals surface area contributed by atoms with Crippen molar-refractivity contribution in [2.75, 3.05) is 6.54 Å². The minimum absolute atomic E-state index is 0.104. The van der Waals surface area contributed by atoms with Crippen molar-refractivity contribution in [3.05, 3.63) is 35.9 Å². The monoisotopic (exact) mass is 515 g/mol. The van der Waals surface area contributed by atoms with Gasteiger partial charge in [-0.25, -0.2) is 0 Å². The first-order chi connectivity index (χ1) is 17.4. The fourth-order valence-electron chi connectivity index (χ4n) is 5.75. The molecule has 0 radical (unpaired) electrons. The number of carbonyl (C=O) groups is 3. The third kappa shape index (κ3) is 8.51. The second-order valence-corrected chi connectivity index (χ2v) is 11.8. The van der Waals surface area contributed by atoms with E-state index < -0.39 is 41.7 Å². The van der Waals surface area contributed by atoms with E-state index in [0.29, 0.717) is 37.6 Å². The molecule has 1 aliphatic heterocycles. The van der Waals surface area contributed by atoms with Crippen LogP contribution < -0.4 is 22.1 Å². The van der Waals surface area contributed by atoms with Crippen LogP contribution >= 0.6 is 0 Å². The molecule has 1 saturated heterocycles. The lowest BCUT2D eigenvalue weighted by molar-refractivity contribution is -0.141. The van der Waals surface area contributed by atoms with Crippen molar-refractivity contribution in [2.45, 2.75) is 102 Å². The van der Waals surface area contributed by atoms with Crippen molar-refractivity contribution in [1.29, 1.82) is 0 Å². The van der Waals surface area contributed by atoms with Gasteiger partial charge in [0.15, 0.2) is 0 Å². The lowest BCUT2D eigenvalue weighted by atomic mass is 9.72. The highest BCUT2D eigenvalue weighted by atomic mass is 16.3. The molecule has 37 heavy (non-hydrogen) atoms. The van der Waals surface area contributed by atoms with Gasteiger partial charge in [0.25, 0.3) is 0 Å². The molecule has 2 aliphatic rings. The van der Waals surface area contributed by atoms with Gasteiger partial charge in [-0.2, -0.15) is 0 Å². The van der Waals surface area contributed by atoms with E-state index in [-0.39, 0.29) is 12.3 Å². The molecule has 3 rings (SSSR count). The summed E-state index contributed by atoms with van der Waals surface area (Å²) in [6.07, 6.45) is 4.07. The van der Waals surface area contributed by atoms with Crippen molar-refractivity contribution in [3.8, 4) is 0 Å². The number of likely N-dealkylation sites (tertiary alicyclic amines) is 1. The van der Waals surface area contributed by atoms with Crippen molar-refractivity contribution in [3.63, 3.8) is 0 Å². The van der Waals surface area contributed by atoms with Crippen molar-refractivity contribution in [1.82, 2.24) is 15.5 Å². The van der Waals surface area contributed by atoms with E-state index in [4.69, 9.17) is 11.5 Å². The van der Waals surface area contributed by atoms with Crippen LogP contribution in [0.25, 0.3) is 0 Å². The maximum atomic E-state index is 13.5. The third-order valence-electron chi connectivity index (χ3n) is 7.58. The summed E-state index contributed by atoms with van der Waals surface area (Å²) in [7, 11) is 0. The molecule has 1 aromatic carbocycles. The Hall–Kier alpha value is -2.49. The number of primary amides is 1. The molecule has 1 heterocycles. The number of carbonyl (C=O) groups excluding carboxylic acids is 3. The van der Waals surface area contributed by atoms with Gasteiger partial charge in [-0.3, -0.25) is 19.3 Å². The smallest absolute Gasteiger partial charge is 0.238 e. The number of nitrogens with one attached hydrogen (secondary N) is 2. The van der Waals surface area contributed by atoms with Gasteiger partial charge in [0.1, 0.15) is 6.17 Å². The third-order valence-corrected chi connectivity index (χ3v) is 7.58. The number of aliphatic hydroxyl groups is 1. The zero-order chi connectivity index (χ0) is 27.2. The molecule has 6 atom stereocenters. The van der Waals surface area contributed by atoms with Gasteiger partial charge >= 0.3 is 0 Å². The van der Waals surface area contributed by atoms with Crippen LogP contribution in [0.5, 0.6) is 0 Å². The predicted octanol–water partition coefficient (Wildman–Crippen LogP) is 1.42. The van der Waals surface area contributed by atoms with Gasteiger partial charge in [0.2, 0.25) is 17.7 Å². The van der Waals surface area contributed by atoms with E-state index in [1.807, 2.05) is 56.0 Å². The Kier molecular flexibility index (Phi) is 10.1. The number of piperidine rings is 1. The molecule has 0 bridgehead atoms. The molecule has 7 N–H and O–H groups in total. The number of aryl methyl sites for hydroxylation is 1. The maximum absolute atomic E-state index is 13.5. The van der Waals surface area contributed by atoms with Crippen LogP contribution in [0, 0.1) is 11.8 Å². The van der Waals surface area contributed by atoms with E-state index in [9.17, 15) is 19.5 Å². The Labute approximate surface area is 220 Å². The standard InChI is InChI=1S/C28H45N5O4/c1-28(2,3)32-27(37)22-15-19-11-7-8-12-20(19)17-33(22)25(31-26(36)21(29)16-24(30)35)23(34)14-13-18-9-5-4-6-10-18/h4-6,9-10,19-23,25,34H,7-8,11-17,29H2,1-3H3,(H2,30,35)(H,31,36)(H,32,37)/t19-,20-,21+,22+,23-,25?/m1/s1. The molecule has 9 nitrogen and oxygen atoms in total. The predicted molar refractivity (Wildman–Crippen MR) is 143 cm³/mol. The highest BCUT2D eigenvalue weighted by Gasteiger charge is 2.45. The summed E-state index contributed by atoms with van der Waals surface area (Å²) in [6.45, 7) is 6.43. The van der Waals surface area contributed by atoms with Crippen LogP contribution in [0.15, 0.2) is 30.3 Å². The molecule has 1 aliphatic carbocycles. The van der Waals surface area contributed by atoms with Crippen LogP contribution in [-0.4, -0.2) is 64.2 Å². The number of hydrogen-bond donors (Lipinski definition) is 5. The Balaban J connectivity index is 1.88. The van der Waals surface area contributed by atoms with Crippen LogP contribution in [0.4, 0.5) is 0 Å². The van der Waals surface area contributed by atoms with Crippen molar-refractivity contribution < 1.29 is 19.5 Å². The number of rotatable bonds is 10. The molecule has 1 unspecified atom stereocenters. The molecule has 206 valence electrons. The molecular weight excluding hydrogens is 470 g/mol. The first-order valence-electron chi connectivity index (χ1n) is 13.6. The van der Waals surface area contributed by atoms with Crippen molar-refractivity contribution >= 4 is 17.7 Å². The van der Waals surface area contributed by atoms with Gasteiger partial charge in [-0.1, -0.05) is 49.6 Å². The summed E-state index contributed by atoms with van der Waals surface area (Å²) in [5.74, 6) is -0.506. The van der Waals surface area contributed by atoms with Crippen LogP contribution in [-0.2, 0) is 20.8 Å². The van der Waals surface area contributed by atoms with Gasteiger partial charge in [-0.05, 0) is 63.9 Å². The fraction of sp³-hybridized carbons (Fsp3) is 0.679. The van der Waals surface area contributed by atoms with E-state index >= 15 is 0 Å². The fourth-order valence-corrected chi connectivity index (χ4v) is 5.75. The first kappa shape index (κ1) is 29.1. The summed E-state index contributed by atoms with van der Waals surface area (Å²) in [4.78, 5) is 39.9. The second kappa shape index (κ2) is 12.8. The highest BCUT2D eigenvalue weighted by molar-refractivity contribution is 5.88. The number of benzene rings is 1. The lowest BCUT2D eigenvalue weighted by Gasteiger charge is -2.49. The topological polar surface area (TPSA) is 151 Å². The van der Waals surface area contributed by atoms with E-state index in [1.165, 1.54) is 0 Å². The quantitative estimate of drug-likeness (QED) is 0.318. The first-order valence-corrected chi connectivity index (χ1v) is 13.6. The van der Waals surface area contributed by atoms with Gasteiger partial charge in [-0.15, -0.1) is 0 Å². The molecule has 9 heteroatoms. The molecular formula is C28H45N5O4. The number of nitrogens with zero attached hydrogens (tertiary/aromatic N) is 1. The largest absolute Gasteiger partial charge is 0.390 e. The van der Waals surface area contributed by atoms with Crippen LogP contribution in [0.2, 0.25) is 0 Å². The van der Waals surface area contributed by atoms with Crippen LogP contribution in [0.3, 0.4) is 0 Å². The molecule has 0 spiro atoms. The van der Waals surface area contributed by atoms with Gasteiger partial charge in [0.05, 0.1) is 24.6 Å². The minimum Gasteiger partial charge on any atom is -0.390 e. The average Bonchev–Trinajstić information content (AvgIpc) is 2.84. The van der Waals surface area contributed by atoms with E-state index in [1.54, 1.807) is 0 Å². The van der Waals surface area contributed by atoms with Gasteiger partial charge < -0.3 is 27.2 Å². The molecule has 1 aromatic rings. The summed E-state index contributed by atoms with van der Waals surface area (Å²) < 4.78 is 0. The normalized spacial score (nSPS) is 24.8. The number of fused-ring (bicyclic) bond motifs is 1. The molecule has 0 aromatic heterocycles. The summed E-state index contributed by atoms with van der Waals surface area (Å²) in [5.41, 5.74) is 11.9. The van der Waals surface area contributed by atoms with E-state index in [0.717, 1.165) is 31.2 Å². The average molecular weight is 516 g/mol. The zero-order valence-corrected chi connectivity index (χ0v) is 22.5. The Morgan fingerprint density at radius 2 is 1.76 bits per heavy atom. The summed E-state index contributed by atoms with van der Waals surface area (Å²) in [6, 6.07) is 8.20. The Bertz CT molecular complexity index is 919. The second-order valence-electron chi connectivity index (χ2n) is 11.8. The molecule has 2 fully saturated rings. The summed E-state index contributed by atoms with van der Waals surface area (Å²) >= 11 is 0. The number of hydrogen-bond acceptors (Lipinski definition) is 6. The lowest BCUT2D eigenvalue weighted by Crippen LogP contribution is -2.67. The zero-order valence-electron chi connectivity index (χ0n) is 22.5. The molecule has 3 amide bonds. The highest BCUT2D eigenvalue weighted by Crippen LogP contribution is 2.39. The maximum Gasteiger partial charge on any atom is 0.238 e. The SMILES string of the molecule is CC(C)(C)NC(=O)[C@@H]1C[C@H]2CCCC[C@@H]2CN1C(NC(=O)[C@@H](N)CC(N)=O)[C@H](O)CCc1ccccc1. The Morgan fingerprint density at radius 1 is 1.11 bits per heavy atom. The van der Waals surface area contributed by atoms with E-state index in [2.05, 4.69) is 10.6 Å². The number of amides is 3. The van der Waals surface area contributed by atoms with Gasteiger partial charge in [0, 0.05) is 12.1 Å². The minimum atomic E-state index is -1.13. The Morgan fingerprint density at radius 3 is 2.38 bits per heavy atom. The number of nitrogens with two attached hydrogens (primary N) is 2. The van der Waals surface area contributed by atoms with Crippen molar-refractivity contribution in [2.24, 2.45) is 23.3 Å². The van der Waals surface area contributed by atoms with Crippen LogP contribution in [0.1, 0.15) is 71.3 Å².